The van der Waals surface area contributed by atoms with E-state index in [1.165, 1.54) is 11.8 Å². The average Bonchev–Trinajstić information content (AvgIpc) is 2.95. The molecule has 2 rings (SSSR count). The molecule has 1 aromatic heterocycles. The molecule has 0 atom stereocenters. The van der Waals surface area contributed by atoms with Gasteiger partial charge < -0.3 is 4.90 Å². The standard InChI is InChI=1S/C14H16N2O2S/c1-9(17)7-16(3)14(18)12-5-4-11(6-12)13-8-19-10(2)15-13/h4,6,8H,5,7H2,1-3H3. The smallest absolute Gasteiger partial charge is 0.250 e. The minimum absolute atomic E-state index is 0.0160. The van der Waals surface area contributed by atoms with Gasteiger partial charge in [-0.1, -0.05) is 6.08 Å². The topological polar surface area (TPSA) is 50.3 Å². The molecule has 1 aromatic rings. The number of carbonyl (C=O) groups is 2. The van der Waals surface area contributed by atoms with Crippen LogP contribution < -0.4 is 0 Å². The highest BCUT2D eigenvalue weighted by atomic mass is 32.1. The van der Waals surface area contributed by atoms with Crippen LogP contribution in [0, 0.1) is 6.92 Å². The van der Waals surface area contributed by atoms with Crippen LogP contribution in [0.5, 0.6) is 0 Å². The number of hydrogen-bond donors (Lipinski definition) is 0. The summed E-state index contributed by atoms with van der Waals surface area (Å²) in [6, 6.07) is 0. The average molecular weight is 276 g/mol. The molecule has 0 aliphatic heterocycles. The number of amides is 1. The number of thiazole rings is 1. The van der Waals surface area contributed by atoms with Crippen LogP contribution >= 0.6 is 11.3 Å². The highest BCUT2D eigenvalue weighted by Crippen LogP contribution is 2.27. The fourth-order valence-corrected chi connectivity index (χ4v) is 2.62. The number of aromatic nitrogens is 1. The molecule has 0 fully saturated rings. The molecule has 1 heterocycles. The molecule has 0 saturated heterocycles. The first kappa shape index (κ1) is 13.7. The normalized spacial score (nSPS) is 14.1. The molecule has 0 unspecified atom stereocenters. The maximum atomic E-state index is 12.1. The summed E-state index contributed by atoms with van der Waals surface area (Å²) in [5.74, 6) is -0.105. The molecule has 5 heteroatoms. The van der Waals surface area contributed by atoms with E-state index >= 15 is 0 Å². The SMILES string of the molecule is CC(=O)CN(C)C(=O)C1=CC(c2csc(C)n2)=CC1. The summed E-state index contributed by atoms with van der Waals surface area (Å²) in [7, 11) is 1.65. The zero-order valence-corrected chi connectivity index (χ0v) is 12.1. The number of Topliss-reactive ketones (excluding diaryl/α,β-unsaturated/α-hetero) is 1. The van der Waals surface area contributed by atoms with E-state index < -0.39 is 0 Å². The number of ketones is 1. The van der Waals surface area contributed by atoms with E-state index in [0.29, 0.717) is 12.0 Å². The fraction of sp³-hybridized carbons (Fsp3) is 0.357. The van der Waals surface area contributed by atoms with Crippen LogP contribution in [-0.2, 0) is 9.59 Å². The second-order valence-electron chi connectivity index (χ2n) is 4.65. The third-order valence-electron chi connectivity index (χ3n) is 2.87. The predicted molar refractivity (Wildman–Crippen MR) is 75.8 cm³/mol. The number of aryl methyl sites for hydroxylation is 1. The Bertz CT molecular complexity index is 584. The van der Waals surface area contributed by atoms with Crippen LogP contribution in [0.2, 0.25) is 0 Å². The van der Waals surface area contributed by atoms with Gasteiger partial charge >= 0.3 is 0 Å². The van der Waals surface area contributed by atoms with Crippen molar-refractivity contribution in [3.8, 4) is 0 Å². The quantitative estimate of drug-likeness (QED) is 0.847. The molecule has 19 heavy (non-hydrogen) atoms. The fourth-order valence-electron chi connectivity index (χ4n) is 2.00. The number of allylic oxidation sites excluding steroid dienone is 3. The molecular formula is C14H16N2O2S. The van der Waals surface area contributed by atoms with E-state index in [2.05, 4.69) is 4.98 Å². The Morgan fingerprint density at radius 2 is 2.21 bits per heavy atom. The number of nitrogens with zero attached hydrogens (tertiary/aromatic N) is 2. The lowest BCUT2D eigenvalue weighted by molar-refractivity contribution is -0.130. The van der Waals surface area contributed by atoms with Gasteiger partial charge in [0.15, 0.2) is 0 Å². The number of carbonyl (C=O) groups excluding carboxylic acids is 2. The first-order chi connectivity index (χ1) is 8.97. The van der Waals surface area contributed by atoms with Crippen LogP contribution in [0.25, 0.3) is 5.57 Å². The summed E-state index contributed by atoms with van der Waals surface area (Å²) >= 11 is 1.59. The van der Waals surface area contributed by atoms with Gasteiger partial charge in [0.2, 0.25) is 5.91 Å². The summed E-state index contributed by atoms with van der Waals surface area (Å²) in [5, 5.41) is 3.00. The van der Waals surface area contributed by atoms with E-state index in [0.717, 1.165) is 16.3 Å². The van der Waals surface area contributed by atoms with Gasteiger partial charge in [-0.15, -0.1) is 11.3 Å². The van der Waals surface area contributed by atoms with E-state index in [1.54, 1.807) is 18.4 Å². The zero-order valence-electron chi connectivity index (χ0n) is 11.3. The van der Waals surface area contributed by atoms with Crippen molar-refractivity contribution < 1.29 is 9.59 Å². The largest absolute Gasteiger partial charge is 0.335 e. The minimum atomic E-state index is -0.0894. The van der Waals surface area contributed by atoms with Crippen LogP contribution in [0.3, 0.4) is 0 Å². The van der Waals surface area contributed by atoms with Crippen molar-refractivity contribution >= 4 is 28.6 Å². The molecule has 0 saturated carbocycles. The second-order valence-corrected chi connectivity index (χ2v) is 5.71. The minimum Gasteiger partial charge on any atom is -0.335 e. The van der Waals surface area contributed by atoms with Gasteiger partial charge in [0.05, 0.1) is 17.2 Å². The Balaban J connectivity index is 2.09. The zero-order chi connectivity index (χ0) is 14.0. The first-order valence-corrected chi connectivity index (χ1v) is 6.93. The Morgan fingerprint density at radius 3 is 2.79 bits per heavy atom. The lowest BCUT2D eigenvalue weighted by Gasteiger charge is -2.15. The lowest BCUT2D eigenvalue weighted by Crippen LogP contribution is -2.31. The molecule has 1 aliphatic carbocycles. The summed E-state index contributed by atoms with van der Waals surface area (Å²) < 4.78 is 0. The predicted octanol–water partition coefficient (Wildman–Crippen LogP) is 2.21. The summed E-state index contributed by atoms with van der Waals surface area (Å²) in [6.45, 7) is 3.59. The summed E-state index contributed by atoms with van der Waals surface area (Å²) in [4.78, 5) is 29.0. The van der Waals surface area contributed by atoms with Crippen molar-refractivity contribution in [3.05, 3.63) is 33.8 Å². The number of rotatable bonds is 4. The highest BCUT2D eigenvalue weighted by molar-refractivity contribution is 7.09. The molecule has 4 nitrogen and oxygen atoms in total. The highest BCUT2D eigenvalue weighted by Gasteiger charge is 2.20. The molecule has 1 amide bonds. The van der Waals surface area contributed by atoms with Crippen molar-refractivity contribution in [2.24, 2.45) is 0 Å². The first-order valence-electron chi connectivity index (χ1n) is 6.05. The van der Waals surface area contributed by atoms with Gasteiger partial charge in [-0.2, -0.15) is 0 Å². The van der Waals surface area contributed by atoms with Crippen molar-refractivity contribution in [2.75, 3.05) is 13.6 Å². The molecule has 0 aromatic carbocycles. The third kappa shape index (κ3) is 3.17. The summed E-state index contributed by atoms with van der Waals surface area (Å²) in [6.07, 6.45) is 4.48. The second kappa shape index (κ2) is 5.48. The third-order valence-corrected chi connectivity index (χ3v) is 3.64. The molecule has 100 valence electrons. The lowest BCUT2D eigenvalue weighted by atomic mass is 10.2. The van der Waals surface area contributed by atoms with E-state index in [4.69, 9.17) is 0 Å². The van der Waals surface area contributed by atoms with Crippen molar-refractivity contribution in [2.45, 2.75) is 20.3 Å². The Kier molecular flexibility index (Phi) is 3.95. The van der Waals surface area contributed by atoms with Crippen molar-refractivity contribution in [1.29, 1.82) is 0 Å². The van der Waals surface area contributed by atoms with E-state index in [1.807, 2.05) is 24.5 Å². The summed E-state index contributed by atoms with van der Waals surface area (Å²) in [5.41, 5.74) is 2.62. The molecule has 0 bridgehead atoms. The molecular weight excluding hydrogens is 260 g/mol. The monoisotopic (exact) mass is 276 g/mol. The van der Waals surface area contributed by atoms with Gasteiger partial charge in [-0.3, -0.25) is 9.59 Å². The van der Waals surface area contributed by atoms with E-state index in [-0.39, 0.29) is 18.2 Å². The van der Waals surface area contributed by atoms with Gasteiger partial charge in [-0.25, -0.2) is 4.98 Å². The molecule has 0 N–H and O–H groups in total. The van der Waals surface area contributed by atoms with E-state index in [9.17, 15) is 9.59 Å². The molecule has 0 spiro atoms. The van der Waals surface area contributed by atoms with Gasteiger partial charge in [0.25, 0.3) is 0 Å². The molecule has 0 radical (unpaired) electrons. The van der Waals surface area contributed by atoms with Gasteiger partial charge in [0.1, 0.15) is 5.78 Å². The maximum absolute atomic E-state index is 12.1. The molecule has 1 aliphatic rings. The Labute approximate surface area is 116 Å². The van der Waals surface area contributed by atoms with Crippen molar-refractivity contribution in [1.82, 2.24) is 9.88 Å². The van der Waals surface area contributed by atoms with Crippen LogP contribution in [0.4, 0.5) is 0 Å². The van der Waals surface area contributed by atoms with Gasteiger partial charge in [0, 0.05) is 18.0 Å². The Hall–Kier alpha value is -1.75. The maximum Gasteiger partial charge on any atom is 0.250 e. The van der Waals surface area contributed by atoms with Crippen LogP contribution in [0.15, 0.2) is 23.1 Å². The number of hydrogen-bond acceptors (Lipinski definition) is 4. The van der Waals surface area contributed by atoms with Crippen LogP contribution in [-0.4, -0.2) is 35.2 Å². The number of likely N-dealkylation sites (N-methyl/N-ethyl adjacent to an activating group) is 1. The Morgan fingerprint density at radius 1 is 1.47 bits per heavy atom. The van der Waals surface area contributed by atoms with Gasteiger partial charge in [-0.05, 0) is 31.9 Å². The van der Waals surface area contributed by atoms with Crippen molar-refractivity contribution in [3.63, 3.8) is 0 Å². The van der Waals surface area contributed by atoms with Crippen LogP contribution in [0.1, 0.15) is 24.0 Å².